The van der Waals surface area contributed by atoms with Gasteiger partial charge in [0, 0.05) is 17.0 Å². The molecule has 0 bridgehead atoms. The lowest BCUT2D eigenvalue weighted by Gasteiger charge is -2.29. The van der Waals surface area contributed by atoms with Crippen molar-refractivity contribution < 1.29 is 0 Å². The van der Waals surface area contributed by atoms with Crippen LogP contribution in [-0.2, 0) is 6.42 Å². The third-order valence-electron chi connectivity index (χ3n) is 4.05. The number of hydrogen-bond donors (Lipinski definition) is 1. The van der Waals surface area contributed by atoms with Gasteiger partial charge in [-0.3, -0.25) is 0 Å². The van der Waals surface area contributed by atoms with Crippen molar-refractivity contribution >= 4 is 27.3 Å². The normalized spacial score (nSPS) is 23.2. The smallest absolute Gasteiger partial charge is 0.0704 e. The molecular formula is C14H22BrNS. The molecule has 96 valence electrons. The van der Waals surface area contributed by atoms with Crippen LogP contribution >= 0.6 is 27.3 Å². The first-order valence-corrected chi connectivity index (χ1v) is 8.27. The van der Waals surface area contributed by atoms with E-state index < -0.39 is 0 Å². The molecule has 0 fully saturated rings. The molecule has 1 aromatic heterocycles. The number of hydrogen-bond acceptors (Lipinski definition) is 2. The number of rotatable bonds is 4. The summed E-state index contributed by atoms with van der Waals surface area (Å²) in [7, 11) is 0. The summed E-state index contributed by atoms with van der Waals surface area (Å²) in [6, 6.07) is 3.50. The van der Waals surface area contributed by atoms with Crippen LogP contribution in [0.15, 0.2) is 9.85 Å². The van der Waals surface area contributed by atoms with Crippen LogP contribution < -0.4 is 5.32 Å². The maximum atomic E-state index is 3.82. The second-order valence-electron chi connectivity index (χ2n) is 5.21. The Hall–Kier alpha value is 0.140. The summed E-state index contributed by atoms with van der Waals surface area (Å²) in [5.41, 5.74) is 1.54. The van der Waals surface area contributed by atoms with E-state index in [9.17, 15) is 0 Å². The molecule has 3 atom stereocenters. The Morgan fingerprint density at radius 3 is 3.00 bits per heavy atom. The number of nitrogens with one attached hydrogen (secondary N) is 1. The largest absolute Gasteiger partial charge is 0.307 e. The molecule has 1 aliphatic rings. The number of thiophene rings is 1. The summed E-state index contributed by atoms with van der Waals surface area (Å²) < 4.78 is 1.28. The van der Waals surface area contributed by atoms with Crippen molar-refractivity contribution in [3.05, 3.63) is 20.3 Å². The molecule has 1 N–H and O–H groups in total. The topological polar surface area (TPSA) is 12.0 Å². The maximum Gasteiger partial charge on any atom is 0.0704 e. The Balaban J connectivity index is 2.08. The van der Waals surface area contributed by atoms with Crippen LogP contribution in [-0.4, -0.2) is 6.04 Å². The molecule has 3 unspecified atom stereocenters. The van der Waals surface area contributed by atoms with Crippen molar-refractivity contribution in [2.45, 2.75) is 58.5 Å². The first-order chi connectivity index (χ1) is 8.11. The Kier molecular flexibility index (Phi) is 4.67. The van der Waals surface area contributed by atoms with Crippen LogP contribution in [0.4, 0.5) is 0 Å². The summed E-state index contributed by atoms with van der Waals surface area (Å²) >= 11 is 5.53. The van der Waals surface area contributed by atoms with E-state index in [1.807, 2.05) is 11.3 Å². The van der Waals surface area contributed by atoms with E-state index in [1.54, 1.807) is 10.4 Å². The van der Waals surface area contributed by atoms with E-state index >= 15 is 0 Å². The van der Waals surface area contributed by atoms with E-state index in [1.165, 1.54) is 29.5 Å². The summed E-state index contributed by atoms with van der Waals surface area (Å²) in [4.78, 5) is 1.58. The molecule has 0 radical (unpaired) electrons. The highest BCUT2D eigenvalue weighted by Gasteiger charge is 2.24. The standard InChI is InChI=1S/C14H22BrNS/c1-4-9(2)10(3)16-12-6-5-7-13-11(12)8-14(15)17-13/h8-10,12,16H,4-7H2,1-3H3. The van der Waals surface area contributed by atoms with Gasteiger partial charge < -0.3 is 5.32 Å². The van der Waals surface area contributed by atoms with E-state index in [-0.39, 0.29) is 0 Å². The van der Waals surface area contributed by atoms with E-state index in [4.69, 9.17) is 0 Å². The van der Waals surface area contributed by atoms with Gasteiger partial charge in [-0.2, -0.15) is 0 Å². The SMILES string of the molecule is CCC(C)C(C)NC1CCCc2sc(Br)cc21. The second kappa shape index (κ2) is 5.85. The lowest BCUT2D eigenvalue weighted by atomic mass is 9.91. The minimum Gasteiger partial charge on any atom is -0.307 e. The van der Waals surface area contributed by atoms with Crippen molar-refractivity contribution in [1.29, 1.82) is 0 Å². The van der Waals surface area contributed by atoms with Gasteiger partial charge in [0.05, 0.1) is 3.79 Å². The second-order valence-corrected chi connectivity index (χ2v) is 7.73. The molecule has 1 nitrogen and oxygen atoms in total. The quantitative estimate of drug-likeness (QED) is 0.832. The van der Waals surface area contributed by atoms with Gasteiger partial charge in [-0.1, -0.05) is 20.3 Å². The molecule has 0 spiro atoms. The molecule has 1 heterocycles. The van der Waals surface area contributed by atoms with Gasteiger partial charge in [-0.05, 0) is 59.7 Å². The Morgan fingerprint density at radius 2 is 2.29 bits per heavy atom. The van der Waals surface area contributed by atoms with Crippen molar-refractivity contribution in [2.75, 3.05) is 0 Å². The molecule has 0 saturated heterocycles. The minimum atomic E-state index is 0.574. The minimum absolute atomic E-state index is 0.574. The Labute approximate surface area is 117 Å². The fourth-order valence-corrected chi connectivity index (χ4v) is 4.35. The number of aryl methyl sites for hydroxylation is 1. The van der Waals surface area contributed by atoms with E-state index in [2.05, 4.69) is 48.1 Å². The van der Waals surface area contributed by atoms with Crippen molar-refractivity contribution in [3.8, 4) is 0 Å². The van der Waals surface area contributed by atoms with Crippen LogP contribution in [0.25, 0.3) is 0 Å². The first-order valence-electron chi connectivity index (χ1n) is 6.66. The van der Waals surface area contributed by atoms with Gasteiger partial charge in [0.25, 0.3) is 0 Å². The molecular weight excluding hydrogens is 294 g/mol. The van der Waals surface area contributed by atoms with Crippen molar-refractivity contribution in [1.82, 2.24) is 5.32 Å². The highest BCUT2D eigenvalue weighted by Crippen LogP contribution is 2.38. The van der Waals surface area contributed by atoms with Crippen LogP contribution in [0.5, 0.6) is 0 Å². The molecule has 17 heavy (non-hydrogen) atoms. The molecule has 3 heteroatoms. The van der Waals surface area contributed by atoms with Gasteiger partial charge in [0.1, 0.15) is 0 Å². The third-order valence-corrected chi connectivity index (χ3v) is 5.76. The lowest BCUT2D eigenvalue weighted by molar-refractivity contribution is 0.331. The highest BCUT2D eigenvalue weighted by molar-refractivity contribution is 9.11. The van der Waals surface area contributed by atoms with Gasteiger partial charge in [-0.15, -0.1) is 11.3 Å². The van der Waals surface area contributed by atoms with Crippen LogP contribution in [0, 0.1) is 5.92 Å². The highest BCUT2D eigenvalue weighted by atomic mass is 79.9. The lowest BCUT2D eigenvalue weighted by Crippen LogP contribution is -2.36. The molecule has 1 aliphatic carbocycles. The zero-order chi connectivity index (χ0) is 12.4. The average molecular weight is 316 g/mol. The summed E-state index contributed by atoms with van der Waals surface area (Å²) in [6.45, 7) is 6.94. The van der Waals surface area contributed by atoms with Gasteiger partial charge in [0.2, 0.25) is 0 Å². The predicted molar refractivity (Wildman–Crippen MR) is 79.8 cm³/mol. The fourth-order valence-electron chi connectivity index (χ4n) is 2.53. The van der Waals surface area contributed by atoms with Gasteiger partial charge in [0.15, 0.2) is 0 Å². The van der Waals surface area contributed by atoms with Crippen molar-refractivity contribution in [2.24, 2.45) is 5.92 Å². The molecule has 0 amide bonds. The van der Waals surface area contributed by atoms with E-state index in [0.29, 0.717) is 12.1 Å². The number of fused-ring (bicyclic) bond motifs is 1. The van der Waals surface area contributed by atoms with Crippen LogP contribution in [0.2, 0.25) is 0 Å². The first kappa shape index (κ1) is 13.6. The monoisotopic (exact) mass is 315 g/mol. The Morgan fingerprint density at radius 1 is 1.53 bits per heavy atom. The van der Waals surface area contributed by atoms with Crippen LogP contribution in [0.1, 0.15) is 56.5 Å². The van der Waals surface area contributed by atoms with Gasteiger partial charge >= 0.3 is 0 Å². The molecule has 0 saturated carbocycles. The fraction of sp³-hybridized carbons (Fsp3) is 0.714. The molecule has 2 rings (SSSR count). The van der Waals surface area contributed by atoms with Crippen molar-refractivity contribution in [3.63, 3.8) is 0 Å². The summed E-state index contributed by atoms with van der Waals surface area (Å²) in [5, 5.41) is 3.82. The van der Waals surface area contributed by atoms with E-state index in [0.717, 1.165) is 5.92 Å². The molecule has 0 aromatic carbocycles. The zero-order valence-corrected chi connectivity index (χ0v) is 13.3. The number of halogens is 1. The Bertz CT molecular complexity index is 374. The van der Waals surface area contributed by atoms with Crippen LogP contribution in [0.3, 0.4) is 0 Å². The average Bonchev–Trinajstić information content (AvgIpc) is 2.69. The summed E-state index contributed by atoms with van der Waals surface area (Å²) in [6.07, 6.45) is 5.13. The third kappa shape index (κ3) is 3.12. The van der Waals surface area contributed by atoms with Gasteiger partial charge in [-0.25, -0.2) is 0 Å². The molecule has 1 aromatic rings. The maximum absolute atomic E-state index is 3.82. The summed E-state index contributed by atoms with van der Waals surface area (Å²) in [5.74, 6) is 0.752. The predicted octanol–water partition coefficient (Wildman–Crippen LogP) is 4.91. The molecule has 0 aliphatic heterocycles. The zero-order valence-electron chi connectivity index (χ0n) is 10.9.